The van der Waals surface area contributed by atoms with Crippen molar-refractivity contribution in [3.63, 3.8) is 0 Å². The highest BCUT2D eigenvalue weighted by Crippen LogP contribution is 2.14. The average molecular weight is 180 g/mol. The van der Waals surface area contributed by atoms with Gasteiger partial charge in [0.2, 0.25) is 0 Å². The maximum absolute atomic E-state index is 12.9. The van der Waals surface area contributed by atoms with E-state index in [9.17, 15) is 9.28 Å². The summed E-state index contributed by atoms with van der Waals surface area (Å²) < 4.78 is 12.9. The van der Waals surface area contributed by atoms with Crippen LogP contribution < -0.4 is 0 Å². The van der Waals surface area contributed by atoms with Crippen LogP contribution in [0.4, 0.5) is 4.48 Å². The van der Waals surface area contributed by atoms with E-state index in [0.29, 0.717) is 10.3 Å². The molecule has 0 fully saturated rings. The standard InChI is InChI=1S/C8H5FN2O2/c9-11-4-10-6-2-1-5(8(12)13)3-7(6)11/h1-4H,(H,12,13). The van der Waals surface area contributed by atoms with Gasteiger partial charge in [0.05, 0.1) is 11.1 Å². The SMILES string of the molecule is O=C(O)c1ccc2ncn(F)c2c1. The predicted molar refractivity (Wildman–Crippen MR) is 43.2 cm³/mol. The zero-order valence-electron chi connectivity index (χ0n) is 6.44. The van der Waals surface area contributed by atoms with E-state index >= 15 is 0 Å². The van der Waals surface area contributed by atoms with Gasteiger partial charge < -0.3 is 5.11 Å². The normalized spacial score (nSPS) is 10.5. The first-order chi connectivity index (χ1) is 6.18. The van der Waals surface area contributed by atoms with Gasteiger partial charge in [-0.3, -0.25) is 0 Å². The molecule has 0 radical (unpaired) electrons. The highest BCUT2D eigenvalue weighted by atomic mass is 19.2. The lowest BCUT2D eigenvalue weighted by Gasteiger charge is -1.93. The Bertz CT molecular complexity index is 478. The smallest absolute Gasteiger partial charge is 0.335 e. The van der Waals surface area contributed by atoms with E-state index in [1.54, 1.807) is 0 Å². The molecule has 0 aliphatic rings. The van der Waals surface area contributed by atoms with E-state index in [-0.39, 0.29) is 11.1 Å². The number of nitrogens with zero attached hydrogens (tertiary/aromatic N) is 2. The van der Waals surface area contributed by atoms with Crippen molar-refractivity contribution in [1.29, 1.82) is 0 Å². The highest BCUT2D eigenvalue weighted by molar-refractivity contribution is 5.92. The molecule has 0 saturated carbocycles. The summed E-state index contributed by atoms with van der Waals surface area (Å²) in [7, 11) is 0. The summed E-state index contributed by atoms with van der Waals surface area (Å²) in [6.45, 7) is 0. The fraction of sp³-hybridized carbons (Fsp3) is 0. The zero-order chi connectivity index (χ0) is 9.42. The third-order valence-corrected chi connectivity index (χ3v) is 1.75. The maximum atomic E-state index is 12.9. The van der Waals surface area contributed by atoms with Crippen molar-refractivity contribution in [2.45, 2.75) is 0 Å². The molecule has 13 heavy (non-hydrogen) atoms. The molecule has 5 heteroatoms. The van der Waals surface area contributed by atoms with Crippen molar-refractivity contribution < 1.29 is 14.4 Å². The number of halogens is 1. The number of carbonyl (C=O) groups is 1. The van der Waals surface area contributed by atoms with Crippen molar-refractivity contribution in [3.8, 4) is 0 Å². The van der Waals surface area contributed by atoms with Crippen LogP contribution >= 0.6 is 0 Å². The second-order valence-corrected chi connectivity index (χ2v) is 2.56. The fourth-order valence-electron chi connectivity index (χ4n) is 1.11. The Morgan fingerprint density at radius 1 is 1.54 bits per heavy atom. The van der Waals surface area contributed by atoms with E-state index in [4.69, 9.17) is 5.11 Å². The van der Waals surface area contributed by atoms with Crippen LogP contribution in [0.15, 0.2) is 24.5 Å². The number of carboxylic acids is 1. The number of carboxylic acid groups (broad SMARTS) is 1. The Kier molecular flexibility index (Phi) is 1.51. The third kappa shape index (κ3) is 1.14. The molecule has 0 aliphatic carbocycles. The van der Waals surface area contributed by atoms with E-state index in [2.05, 4.69) is 4.98 Å². The summed E-state index contributed by atoms with van der Waals surface area (Å²) in [5.74, 6) is -1.08. The number of benzene rings is 1. The minimum atomic E-state index is -1.08. The van der Waals surface area contributed by atoms with Crippen molar-refractivity contribution in [3.05, 3.63) is 30.1 Å². The molecule has 2 aromatic rings. The van der Waals surface area contributed by atoms with E-state index in [1.165, 1.54) is 18.2 Å². The first-order valence-corrected chi connectivity index (χ1v) is 3.55. The number of hydrogen-bond acceptors (Lipinski definition) is 2. The molecule has 1 heterocycles. The Balaban J connectivity index is 2.72. The van der Waals surface area contributed by atoms with Crippen molar-refractivity contribution >= 4 is 17.0 Å². The van der Waals surface area contributed by atoms with Gasteiger partial charge in [-0.15, -0.1) is 0 Å². The molecule has 0 atom stereocenters. The fourth-order valence-corrected chi connectivity index (χ4v) is 1.11. The summed E-state index contributed by atoms with van der Waals surface area (Å²) in [5.41, 5.74) is 0.652. The largest absolute Gasteiger partial charge is 0.478 e. The molecule has 66 valence electrons. The van der Waals surface area contributed by atoms with Crippen LogP contribution in [0.3, 0.4) is 0 Å². The number of aromatic nitrogens is 2. The lowest BCUT2D eigenvalue weighted by molar-refractivity contribution is 0.0697. The lowest BCUT2D eigenvalue weighted by atomic mass is 10.2. The van der Waals surface area contributed by atoms with Crippen LogP contribution in [0.1, 0.15) is 10.4 Å². The van der Waals surface area contributed by atoms with Crippen molar-refractivity contribution in [2.24, 2.45) is 0 Å². The summed E-state index contributed by atoms with van der Waals surface area (Å²) in [4.78, 5) is 14.5. The summed E-state index contributed by atoms with van der Waals surface area (Å²) in [6.07, 6.45) is 0.996. The second kappa shape index (κ2) is 2.55. The summed E-state index contributed by atoms with van der Waals surface area (Å²) in [6, 6.07) is 4.09. The zero-order valence-corrected chi connectivity index (χ0v) is 6.44. The van der Waals surface area contributed by atoms with Gasteiger partial charge in [-0.25, -0.2) is 9.78 Å². The maximum Gasteiger partial charge on any atom is 0.335 e. The van der Waals surface area contributed by atoms with Gasteiger partial charge in [-0.2, -0.15) is 4.79 Å². The number of hydrogen-bond donors (Lipinski definition) is 1. The Morgan fingerprint density at radius 3 is 3.00 bits per heavy atom. The van der Waals surface area contributed by atoms with Crippen LogP contribution in [0.25, 0.3) is 11.0 Å². The molecular formula is C8H5FN2O2. The van der Waals surface area contributed by atoms with Crippen molar-refractivity contribution in [2.75, 3.05) is 0 Å². The van der Waals surface area contributed by atoms with Crippen LogP contribution in [0.5, 0.6) is 0 Å². The molecule has 0 bridgehead atoms. The predicted octanol–water partition coefficient (Wildman–Crippen LogP) is 1.47. The molecule has 4 nitrogen and oxygen atoms in total. The van der Waals surface area contributed by atoms with Gasteiger partial charge in [0, 0.05) is 0 Å². The van der Waals surface area contributed by atoms with Gasteiger partial charge in [-0.05, 0) is 18.2 Å². The van der Waals surface area contributed by atoms with Gasteiger partial charge in [0.15, 0.2) is 0 Å². The minimum absolute atomic E-state index is 0.0481. The molecule has 1 aromatic heterocycles. The van der Waals surface area contributed by atoms with E-state index < -0.39 is 5.97 Å². The Labute approximate surface area is 72.2 Å². The number of aromatic carboxylic acids is 1. The second-order valence-electron chi connectivity index (χ2n) is 2.56. The van der Waals surface area contributed by atoms with Gasteiger partial charge >= 0.3 is 5.97 Å². The quantitative estimate of drug-likeness (QED) is 0.722. The third-order valence-electron chi connectivity index (χ3n) is 1.75. The number of imidazole rings is 1. The lowest BCUT2D eigenvalue weighted by Crippen LogP contribution is -1.95. The molecule has 0 aliphatic heterocycles. The van der Waals surface area contributed by atoms with Crippen LogP contribution in [0.2, 0.25) is 0 Å². The van der Waals surface area contributed by atoms with Crippen LogP contribution in [0, 0.1) is 0 Å². The van der Waals surface area contributed by atoms with Crippen molar-refractivity contribution in [1.82, 2.24) is 9.77 Å². The topological polar surface area (TPSA) is 55.1 Å². The number of rotatable bonds is 1. The molecule has 1 N–H and O–H groups in total. The van der Waals surface area contributed by atoms with Gasteiger partial charge in [0.1, 0.15) is 11.8 Å². The van der Waals surface area contributed by atoms with Gasteiger partial charge in [-0.1, -0.05) is 4.48 Å². The Morgan fingerprint density at radius 2 is 2.31 bits per heavy atom. The van der Waals surface area contributed by atoms with E-state index in [1.807, 2.05) is 0 Å². The van der Waals surface area contributed by atoms with Crippen LogP contribution in [-0.2, 0) is 0 Å². The first-order valence-electron chi connectivity index (χ1n) is 3.55. The molecule has 1 aromatic carbocycles. The molecule has 2 rings (SSSR count). The molecule has 0 spiro atoms. The summed E-state index contributed by atoms with van der Waals surface area (Å²) in [5, 5.41) is 8.62. The number of fused-ring (bicyclic) bond motifs is 1. The van der Waals surface area contributed by atoms with E-state index in [0.717, 1.165) is 6.33 Å². The molecule has 0 amide bonds. The Hall–Kier alpha value is -1.91. The molecular weight excluding hydrogens is 175 g/mol. The first kappa shape index (κ1) is 7.72. The average Bonchev–Trinajstić information content (AvgIpc) is 2.47. The minimum Gasteiger partial charge on any atom is -0.478 e. The monoisotopic (exact) mass is 180 g/mol. The molecule has 0 saturated heterocycles. The van der Waals surface area contributed by atoms with Crippen LogP contribution in [-0.4, -0.2) is 20.8 Å². The molecule has 0 unspecified atom stereocenters. The van der Waals surface area contributed by atoms with Gasteiger partial charge in [0.25, 0.3) is 0 Å². The summed E-state index contributed by atoms with van der Waals surface area (Å²) >= 11 is 0. The highest BCUT2D eigenvalue weighted by Gasteiger charge is 2.07.